The third kappa shape index (κ3) is 11.2. The summed E-state index contributed by atoms with van der Waals surface area (Å²) in [4.78, 5) is 24.8. The molecule has 276 valence electrons. The number of benzene rings is 2. The van der Waals surface area contributed by atoms with E-state index in [0.29, 0.717) is 17.8 Å². The Morgan fingerprint density at radius 3 is 1.94 bits per heavy atom. The van der Waals surface area contributed by atoms with Crippen molar-refractivity contribution in [3.8, 4) is 22.8 Å². The van der Waals surface area contributed by atoms with Crippen LogP contribution < -0.4 is 14.4 Å². The summed E-state index contributed by atoms with van der Waals surface area (Å²) in [5.41, 5.74) is -3.94. The van der Waals surface area contributed by atoms with E-state index in [2.05, 4.69) is 15.0 Å². The average Bonchev–Trinajstić information content (AvgIpc) is 3.05. The summed E-state index contributed by atoms with van der Waals surface area (Å²) in [5.74, 6) is -1.19. The molecule has 0 saturated carbocycles. The van der Waals surface area contributed by atoms with Gasteiger partial charge in [0.2, 0.25) is 5.95 Å². The number of aliphatic carboxylic acids is 1. The molecule has 8 nitrogen and oxygen atoms in total. The number of nitrogens with zero attached hydrogens (tertiary/aromatic N) is 4. The first-order valence-electron chi connectivity index (χ1n) is 15.2. The van der Waals surface area contributed by atoms with Gasteiger partial charge in [0.1, 0.15) is 11.4 Å². The SMILES string of the molecule is COc1ccc(C(C)C)nc1-c1ccc(C(F)(F)F)cc1CN(Cc1cc(C(F)(F)F)cc(C(F)(F)F)c1)c1ncc(OCCCC(=O)O)cn1.[NaH]. The van der Waals surface area contributed by atoms with Crippen molar-refractivity contribution in [3.63, 3.8) is 0 Å². The van der Waals surface area contributed by atoms with Crippen molar-refractivity contribution in [1.82, 2.24) is 15.0 Å². The number of methoxy groups -OCH3 is 1. The normalized spacial score (nSPS) is 12.0. The second-order valence-electron chi connectivity index (χ2n) is 11.6. The van der Waals surface area contributed by atoms with Crippen molar-refractivity contribution in [2.45, 2.75) is 64.2 Å². The first kappa shape index (κ1) is 42.3. The van der Waals surface area contributed by atoms with Crippen LogP contribution >= 0.6 is 0 Å². The van der Waals surface area contributed by atoms with Gasteiger partial charge in [-0.2, -0.15) is 39.5 Å². The number of carboxylic acids is 1. The van der Waals surface area contributed by atoms with E-state index in [4.69, 9.17) is 14.6 Å². The van der Waals surface area contributed by atoms with E-state index in [9.17, 15) is 44.3 Å². The van der Waals surface area contributed by atoms with E-state index in [1.54, 1.807) is 12.1 Å². The van der Waals surface area contributed by atoms with Crippen molar-refractivity contribution >= 4 is 41.5 Å². The molecule has 52 heavy (non-hydrogen) atoms. The van der Waals surface area contributed by atoms with Crippen molar-refractivity contribution < 1.29 is 58.9 Å². The molecule has 4 aromatic rings. The molecular formula is C34H32F9N4NaO4. The molecule has 0 radical (unpaired) electrons. The molecule has 18 heteroatoms. The fraction of sp³-hybridized carbons (Fsp3) is 0.353. The Kier molecular flexibility index (Phi) is 14.0. The van der Waals surface area contributed by atoms with Crippen molar-refractivity contribution in [3.05, 3.63) is 94.4 Å². The monoisotopic (exact) mass is 754 g/mol. The standard InChI is InChI=1S/C34H31F9N4O4.Na.H/c1-19(2)27-8-9-28(50-3)30(46-27)26-7-6-22(32(35,36)37)13-21(26)18-47(31-44-15-25(16-45-31)51-10-4-5-29(48)49)17-20-11-23(33(38,39)40)14-24(12-20)34(41,42)43;;/h6-9,11-16,19H,4-5,10,17-18H2,1-3H3,(H,48,49);;. The molecule has 0 saturated heterocycles. The third-order valence-corrected chi connectivity index (χ3v) is 7.46. The van der Waals surface area contributed by atoms with Crippen LogP contribution in [0.15, 0.2) is 60.9 Å². The van der Waals surface area contributed by atoms with Crippen LogP contribution in [0.3, 0.4) is 0 Å². The number of aromatic nitrogens is 3. The molecule has 0 aliphatic heterocycles. The number of halogens is 9. The first-order valence-corrected chi connectivity index (χ1v) is 15.2. The van der Waals surface area contributed by atoms with E-state index >= 15 is 0 Å². The number of hydrogen-bond acceptors (Lipinski definition) is 7. The van der Waals surface area contributed by atoms with Gasteiger partial charge >= 0.3 is 54.1 Å². The average molecular weight is 755 g/mol. The second kappa shape index (κ2) is 17.2. The number of carbonyl (C=O) groups is 1. The van der Waals surface area contributed by atoms with Crippen LogP contribution in [0.5, 0.6) is 11.5 Å². The van der Waals surface area contributed by atoms with E-state index in [1.165, 1.54) is 7.11 Å². The van der Waals surface area contributed by atoms with Gasteiger partial charge in [0, 0.05) is 30.8 Å². The molecule has 1 N–H and O–H groups in total. The van der Waals surface area contributed by atoms with Gasteiger partial charge in [0.15, 0.2) is 5.75 Å². The zero-order valence-corrected chi connectivity index (χ0v) is 27.2. The fourth-order valence-corrected chi connectivity index (χ4v) is 4.97. The maximum absolute atomic E-state index is 14.0. The number of ether oxygens (including phenoxy) is 2. The number of hydrogen-bond donors (Lipinski definition) is 1. The predicted octanol–water partition coefficient (Wildman–Crippen LogP) is 8.53. The molecule has 0 atom stereocenters. The summed E-state index contributed by atoms with van der Waals surface area (Å²) in [6, 6.07) is 7.01. The summed E-state index contributed by atoms with van der Waals surface area (Å²) < 4.78 is 135. The Balaban J connectivity index is 0.00000729. The summed E-state index contributed by atoms with van der Waals surface area (Å²) in [7, 11) is 1.33. The van der Waals surface area contributed by atoms with E-state index in [1.807, 2.05) is 13.8 Å². The summed E-state index contributed by atoms with van der Waals surface area (Å²) >= 11 is 0. The topological polar surface area (TPSA) is 97.7 Å². The minimum absolute atomic E-state index is 0. The predicted molar refractivity (Wildman–Crippen MR) is 173 cm³/mol. The Morgan fingerprint density at radius 1 is 0.827 bits per heavy atom. The van der Waals surface area contributed by atoms with E-state index in [-0.39, 0.29) is 95.3 Å². The molecule has 0 aliphatic rings. The Labute approximate surface area is 314 Å². The minimum atomic E-state index is -5.16. The van der Waals surface area contributed by atoms with Gasteiger partial charge in [0.05, 0.1) is 42.8 Å². The Bertz CT molecular complexity index is 1800. The van der Waals surface area contributed by atoms with Crippen molar-refractivity contribution in [2.24, 2.45) is 0 Å². The quantitative estimate of drug-likeness (QED) is 0.0825. The first-order chi connectivity index (χ1) is 23.8. The molecule has 2 aromatic carbocycles. The van der Waals surface area contributed by atoms with Gasteiger partial charge < -0.3 is 19.5 Å². The van der Waals surface area contributed by atoms with Crippen molar-refractivity contribution in [1.29, 1.82) is 0 Å². The van der Waals surface area contributed by atoms with Gasteiger partial charge in [-0.15, -0.1) is 0 Å². The van der Waals surface area contributed by atoms with Crippen LogP contribution in [0.2, 0.25) is 0 Å². The number of pyridine rings is 1. The molecule has 0 aliphatic carbocycles. The summed E-state index contributed by atoms with van der Waals surface area (Å²) in [6.45, 7) is 2.38. The Hall–Kier alpha value is -4.09. The number of anilines is 1. The Morgan fingerprint density at radius 2 is 1.42 bits per heavy atom. The summed E-state index contributed by atoms with van der Waals surface area (Å²) in [5, 5.41) is 8.81. The van der Waals surface area contributed by atoms with Crippen LogP contribution in [-0.2, 0) is 36.4 Å². The zero-order valence-electron chi connectivity index (χ0n) is 27.2. The second-order valence-corrected chi connectivity index (χ2v) is 11.6. The molecule has 2 heterocycles. The van der Waals surface area contributed by atoms with Gasteiger partial charge in [-0.1, -0.05) is 19.9 Å². The fourth-order valence-electron chi connectivity index (χ4n) is 4.97. The molecule has 0 unspecified atom stereocenters. The maximum atomic E-state index is 14.0. The number of alkyl halides is 9. The molecule has 2 aromatic heterocycles. The van der Waals surface area contributed by atoms with Gasteiger partial charge in [-0.25, -0.2) is 15.0 Å². The van der Waals surface area contributed by atoms with Gasteiger partial charge in [0.25, 0.3) is 0 Å². The van der Waals surface area contributed by atoms with E-state index < -0.39 is 59.8 Å². The summed E-state index contributed by atoms with van der Waals surface area (Å²) in [6.07, 6.45) is -12.9. The molecule has 0 bridgehead atoms. The molecular weight excluding hydrogens is 722 g/mol. The van der Waals surface area contributed by atoms with Gasteiger partial charge in [-0.3, -0.25) is 4.79 Å². The molecule has 0 spiro atoms. The van der Waals surface area contributed by atoms with Crippen LogP contribution in [0.4, 0.5) is 45.5 Å². The number of rotatable bonds is 13. The zero-order chi connectivity index (χ0) is 37.7. The van der Waals surface area contributed by atoms with E-state index in [0.717, 1.165) is 35.5 Å². The molecule has 4 rings (SSSR count). The van der Waals surface area contributed by atoms with Crippen LogP contribution in [0.1, 0.15) is 66.1 Å². The molecule has 0 amide bonds. The van der Waals surface area contributed by atoms with Gasteiger partial charge in [-0.05, 0) is 65.9 Å². The van der Waals surface area contributed by atoms with Crippen molar-refractivity contribution in [2.75, 3.05) is 18.6 Å². The van der Waals surface area contributed by atoms with Crippen LogP contribution in [-0.4, -0.2) is 69.3 Å². The van der Waals surface area contributed by atoms with Crippen LogP contribution in [0.25, 0.3) is 11.3 Å². The number of carboxylic acid groups (broad SMARTS) is 1. The third-order valence-electron chi connectivity index (χ3n) is 7.46. The van der Waals surface area contributed by atoms with Crippen LogP contribution in [0, 0.1) is 0 Å². The molecule has 0 fully saturated rings.